The Balaban J connectivity index is 1.69. The van der Waals surface area contributed by atoms with Gasteiger partial charge in [0.15, 0.2) is 0 Å². The first-order chi connectivity index (χ1) is 14.0. The van der Waals surface area contributed by atoms with Crippen LogP contribution in [0.4, 0.5) is 4.79 Å². The number of aryl methyl sites for hydroxylation is 1. The minimum atomic E-state index is -0.351. The molecular weight excluding hydrogens is 454 g/mol. The quantitative estimate of drug-likeness (QED) is 0.425. The van der Waals surface area contributed by atoms with Crippen LogP contribution >= 0.6 is 27.7 Å². The summed E-state index contributed by atoms with van der Waals surface area (Å²) >= 11 is 4.30. The van der Waals surface area contributed by atoms with Gasteiger partial charge in [-0.25, -0.2) is 0 Å². The number of amides is 2. The molecule has 2 aromatic rings. The lowest BCUT2D eigenvalue weighted by atomic mass is 10.2. The molecule has 0 atom stereocenters. The highest BCUT2D eigenvalue weighted by atomic mass is 79.9. The third-order valence-electron chi connectivity index (χ3n) is 4.05. The van der Waals surface area contributed by atoms with Gasteiger partial charge in [-0.2, -0.15) is 0 Å². The van der Waals surface area contributed by atoms with Gasteiger partial charge in [0, 0.05) is 10.0 Å². The molecule has 5 nitrogen and oxygen atoms in total. The van der Waals surface area contributed by atoms with Crippen molar-refractivity contribution >= 4 is 44.9 Å². The molecule has 0 saturated carbocycles. The number of halogens is 1. The zero-order chi connectivity index (χ0) is 20.8. The van der Waals surface area contributed by atoms with E-state index in [0.29, 0.717) is 22.0 Å². The summed E-state index contributed by atoms with van der Waals surface area (Å²) in [6.45, 7) is 2.50. The molecule has 29 heavy (non-hydrogen) atoms. The highest BCUT2D eigenvalue weighted by Crippen LogP contribution is 2.34. The van der Waals surface area contributed by atoms with Crippen molar-refractivity contribution in [3.8, 4) is 23.8 Å². The largest absolute Gasteiger partial charge is 0.492 e. The van der Waals surface area contributed by atoms with E-state index in [2.05, 4.69) is 21.9 Å². The smallest absolute Gasteiger partial charge is 0.293 e. The van der Waals surface area contributed by atoms with Crippen molar-refractivity contribution in [2.24, 2.45) is 0 Å². The van der Waals surface area contributed by atoms with E-state index in [0.717, 1.165) is 21.8 Å². The average Bonchev–Trinajstić information content (AvgIpc) is 2.96. The SMILES string of the molecule is C#CCOc1ccc(Br)cc1/C=C1\SC(=O)N(CCOc2ccc(C)cc2)C1=O. The summed E-state index contributed by atoms with van der Waals surface area (Å²) in [5.74, 6) is 3.30. The minimum Gasteiger partial charge on any atom is -0.492 e. The number of terminal acetylenes is 1. The van der Waals surface area contributed by atoms with Crippen LogP contribution in [0.2, 0.25) is 0 Å². The molecule has 1 saturated heterocycles. The van der Waals surface area contributed by atoms with Gasteiger partial charge in [-0.3, -0.25) is 14.5 Å². The van der Waals surface area contributed by atoms with E-state index in [-0.39, 0.29) is 30.9 Å². The number of thioether (sulfide) groups is 1. The van der Waals surface area contributed by atoms with Crippen molar-refractivity contribution in [3.63, 3.8) is 0 Å². The number of hydrogen-bond donors (Lipinski definition) is 0. The molecule has 0 radical (unpaired) electrons. The van der Waals surface area contributed by atoms with E-state index in [4.69, 9.17) is 15.9 Å². The molecule has 0 aliphatic carbocycles. The van der Waals surface area contributed by atoms with Crippen LogP contribution in [0.3, 0.4) is 0 Å². The van der Waals surface area contributed by atoms with Crippen molar-refractivity contribution in [1.82, 2.24) is 4.90 Å². The van der Waals surface area contributed by atoms with E-state index in [9.17, 15) is 9.59 Å². The summed E-state index contributed by atoms with van der Waals surface area (Å²) < 4.78 is 12.0. The third kappa shape index (κ3) is 5.43. The lowest BCUT2D eigenvalue weighted by molar-refractivity contribution is -0.123. The van der Waals surface area contributed by atoms with Gasteiger partial charge in [0.2, 0.25) is 0 Å². The summed E-state index contributed by atoms with van der Waals surface area (Å²) in [7, 11) is 0. The summed E-state index contributed by atoms with van der Waals surface area (Å²) in [6.07, 6.45) is 6.89. The summed E-state index contributed by atoms with van der Waals surface area (Å²) in [4.78, 5) is 26.5. The molecule has 3 rings (SSSR count). The number of imide groups is 1. The van der Waals surface area contributed by atoms with Crippen LogP contribution in [0, 0.1) is 19.3 Å². The first kappa shape index (κ1) is 21.0. The van der Waals surface area contributed by atoms with Crippen molar-refractivity contribution < 1.29 is 19.1 Å². The lowest BCUT2D eigenvalue weighted by Crippen LogP contribution is -2.32. The number of rotatable bonds is 7. The predicted octanol–water partition coefficient (Wildman–Crippen LogP) is 4.88. The Hall–Kier alpha value is -2.69. The van der Waals surface area contributed by atoms with E-state index in [1.165, 1.54) is 4.90 Å². The monoisotopic (exact) mass is 471 g/mol. The Morgan fingerprint density at radius 2 is 1.93 bits per heavy atom. The van der Waals surface area contributed by atoms with E-state index < -0.39 is 0 Å². The second kappa shape index (κ2) is 9.68. The number of ether oxygens (including phenoxy) is 2. The molecule has 1 aliphatic rings. The molecule has 0 N–H and O–H groups in total. The van der Waals surface area contributed by atoms with Gasteiger partial charge in [0.25, 0.3) is 11.1 Å². The van der Waals surface area contributed by atoms with Crippen LogP contribution in [0.5, 0.6) is 11.5 Å². The lowest BCUT2D eigenvalue weighted by Gasteiger charge is -2.13. The van der Waals surface area contributed by atoms with Crippen LogP contribution < -0.4 is 9.47 Å². The standard InChI is InChI=1S/C22H18BrNO4S/c1-3-11-28-19-9-6-17(23)13-16(19)14-20-21(25)24(22(26)29-20)10-12-27-18-7-4-15(2)5-8-18/h1,4-9,13-14H,10-12H2,2H3/b20-14-. The fourth-order valence-corrected chi connectivity index (χ4v) is 3.84. The molecule has 0 bridgehead atoms. The Morgan fingerprint density at radius 3 is 2.66 bits per heavy atom. The van der Waals surface area contributed by atoms with E-state index >= 15 is 0 Å². The number of nitrogens with zero attached hydrogens (tertiary/aromatic N) is 1. The molecule has 0 spiro atoms. The maximum absolute atomic E-state index is 12.7. The highest BCUT2D eigenvalue weighted by Gasteiger charge is 2.35. The van der Waals surface area contributed by atoms with Gasteiger partial charge < -0.3 is 9.47 Å². The second-order valence-electron chi connectivity index (χ2n) is 6.17. The first-order valence-electron chi connectivity index (χ1n) is 8.78. The number of carbonyl (C=O) groups is 2. The Bertz CT molecular complexity index is 995. The van der Waals surface area contributed by atoms with Crippen LogP contribution in [0.15, 0.2) is 51.8 Å². The summed E-state index contributed by atoms with van der Waals surface area (Å²) in [5.41, 5.74) is 1.79. The third-order valence-corrected chi connectivity index (χ3v) is 5.45. The van der Waals surface area contributed by atoms with Crippen molar-refractivity contribution in [2.45, 2.75) is 6.92 Å². The molecule has 2 aromatic carbocycles. The van der Waals surface area contributed by atoms with Gasteiger partial charge in [0.05, 0.1) is 11.4 Å². The normalized spacial score (nSPS) is 14.9. The Kier molecular flexibility index (Phi) is 7.02. The van der Waals surface area contributed by atoms with Crippen molar-refractivity contribution in [3.05, 3.63) is 63.0 Å². The van der Waals surface area contributed by atoms with Crippen LogP contribution in [-0.2, 0) is 4.79 Å². The van der Waals surface area contributed by atoms with Gasteiger partial charge in [-0.15, -0.1) is 6.42 Å². The Labute approximate surface area is 182 Å². The molecule has 148 valence electrons. The topological polar surface area (TPSA) is 55.8 Å². The van der Waals surface area contributed by atoms with E-state index in [1.807, 2.05) is 37.3 Å². The molecule has 0 unspecified atom stereocenters. The molecular formula is C22H18BrNO4S. The van der Waals surface area contributed by atoms with Crippen LogP contribution in [0.1, 0.15) is 11.1 Å². The van der Waals surface area contributed by atoms with Crippen LogP contribution in [-0.4, -0.2) is 35.8 Å². The molecule has 1 fully saturated rings. The predicted molar refractivity (Wildman–Crippen MR) is 118 cm³/mol. The number of hydrogen-bond acceptors (Lipinski definition) is 5. The zero-order valence-electron chi connectivity index (χ0n) is 15.7. The molecule has 0 aromatic heterocycles. The average molecular weight is 472 g/mol. The Morgan fingerprint density at radius 1 is 1.17 bits per heavy atom. The molecule has 1 aliphatic heterocycles. The van der Waals surface area contributed by atoms with Crippen LogP contribution in [0.25, 0.3) is 6.08 Å². The minimum absolute atomic E-state index is 0.111. The second-order valence-corrected chi connectivity index (χ2v) is 8.08. The maximum Gasteiger partial charge on any atom is 0.293 e. The molecule has 2 amide bonds. The van der Waals surface area contributed by atoms with Gasteiger partial charge in [-0.05, 0) is 55.1 Å². The van der Waals surface area contributed by atoms with Gasteiger partial charge in [0.1, 0.15) is 24.7 Å². The van der Waals surface area contributed by atoms with Gasteiger partial charge in [-0.1, -0.05) is 39.5 Å². The number of carbonyl (C=O) groups excluding carboxylic acids is 2. The van der Waals surface area contributed by atoms with E-state index in [1.54, 1.807) is 18.2 Å². The first-order valence-corrected chi connectivity index (χ1v) is 10.4. The molecule has 7 heteroatoms. The highest BCUT2D eigenvalue weighted by molar-refractivity contribution is 9.10. The molecule has 1 heterocycles. The zero-order valence-corrected chi connectivity index (χ0v) is 18.1. The maximum atomic E-state index is 12.7. The van der Waals surface area contributed by atoms with Crippen molar-refractivity contribution in [1.29, 1.82) is 0 Å². The number of benzene rings is 2. The fraction of sp³-hybridized carbons (Fsp3) is 0.182. The summed E-state index contributed by atoms with van der Waals surface area (Å²) in [5, 5.41) is -0.324. The van der Waals surface area contributed by atoms with Gasteiger partial charge >= 0.3 is 0 Å². The fourth-order valence-electron chi connectivity index (χ4n) is 2.61. The summed E-state index contributed by atoms with van der Waals surface area (Å²) in [6, 6.07) is 13.0. The van der Waals surface area contributed by atoms with Crippen molar-refractivity contribution in [2.75, 3.05) is 19.8 Å².